The van der Waals surface area contributed by atoms with Gasteiger partial charge in [-0.1, -0.05) is 20.8 Å². The van der Waals surface area contributed by atoms with E-state index in [4.69, 9.17) is 14.2 Å². The fraction of sp³-hybridized carbons (Fsp3) is 0.966. The van der Waals surface area contributed by atoms with Crippen LogP contribution in [0.2, 0.25) is 0 Å². The molecule has 192 valence electrons. The van der Waals surface area contributed by atoms with Gasteiger partial charge in [-0.3, -0.25) is 4.79 Å². The van der Waals surface area contributed by atoms with E-state index in [2.05, 4.69) is 20.8 Å². The third-order valence-electron chi connectivity index (χ3n) is 12.2. The highest BCUT2D eigenvalue weighted by atomic mass is 16.7. The van der Waals surface area contributed by atoms with Crippen LogP contribution in [0, 0.1) is 46.3 Å². The second kappa shape index (κ2) is 7.68. The lowest BCUT2D eigenvalue weighted by Gasteiger charge is -2.61. The Bertz CT molecular complexity index is 830. The lowest BCUT2D eigenvalue weighted by molar-refractivity contribution is -0.315. The van der Waals surface area contributed by atoms with Gasteiger partial charge < -0.3 is 19.3 Å². The summed E-state index contributed by atoms with van der Waals surface area (Å²) < 4.78 is 18.8. The average molecular weight is 475 g/mol. The number of carbonyl (C=O) groups is 1. The first kappa shape index (κ1) is 23.7. The normalized spacial score (nSPS) is 58.5. The van der Waals surface area contributed by atoms with E-state index >= 15 is 0 Å². The maximum absolute atomic E-state index is 12.1. The minimum Gasteiger partial charge on any atom is -0.463 e. The van der Waals surface area contributed by atoms with Crippen LogP contribution in [-0.4, -0.2) is 41.3 Å². The summed E-state index contributed by atoms with van der Waals surface area (Å²) in [6, 6.07) is 0. The number of hydrogen-bond donors (Lipinski definition) is 1. The van der Waals surface area contributed by atoms with Gasteiger partial charge in [0.05, 0.1) is 12.7 Å². The maximum Gasteiger partial charge on any atom is 0.302 e. The van der Waals surface area contributed by atoms with Crippen molar-refractivity contribution in [2.75, 3.05) is 6.61 Å². The molecule has 34 heavy (non-hydrogen) atoms. The molecule has 2 saturated heterocycles. The largest absolute Gasteiger partial charge is 0.463 e. The van der Waals surface area contributed by atoms with Crippen LogP contribution in [0.1, 0.15) is 98.8 Å². The van der Waals surface area contributed by atoms with E-state index in [0.717, 1.165) is 43.9 Å². The Morgan fingerprint density at radius 3 is 2.41 bits per heavy atom. The Hall–Kier alpha value is -0.650. The minimum atomic E-state index is -0.933. The van der Waals surface area contributed by atoms with E-state index < -0.39 is 11.4 Å². The van der Waals surface area contributed by atoms with Crippen molar-refractivity contribution in [3.63, 3.8) is 0 Å². The summed E-state index contributed by atoms with van der Waals surface area (Å²) in [7, 11) is 0. The van der Waals surface area contributed by atoms with Crippen LogP contribution in [-0.2, 0) is 19.0 Å². The van der Waals surface area contributed by atoms with Crippen molar-refractivity contribution in [2.45, 2.75) is 122 Å². The van der Waals surface area contributed by atoms with E-state index in [1.54, 1.807) is 6.92 Å². The maximum atomic E-state index is 12.1. The lowest BCUT2D eigenvalue weighted by atomic mass is 9.44. The van der Waals surface area contributed by atoms with Gasteiger partial charge in [0.15, 0.2) is 5.79 Å². The van der Waals surface area contributed by atoms with Gasteiger partial charge in [-0.2, -0.15) is 0 Å². The quantitative estimate of drug-likeness (QED) is 0.510. The smallest absolute Gasteiger partial charge is 0.302 e. The van der Waals surface area contributed by atoms with Gasteiger partial charge >= 0.3 is 5.97 Å². The summed E-state index contributed by atoms with van der Waals surface area (Å²) in [5.74, 6) is 2.51. The lowest BCUT2D eigenvalue weighted by Crippen LogP contribution is -2.61. The van der Waals surface area contributed by atoms with E-state index in [1.807, 2.05) is 6.92 Å². The summed E-state index contributed by atoms with van der Waals surface area (Å²) in [5.41, 5.74) is -0.466. The molecule has 0 amide bonds. The van der Waals surface area contributed by atoms with Gasteiger partial charge in [0.25, 0.3) is 0 Å². The SMILES string of the molecule is CC(=O)OC1CCC2(C)C(CCC3C2CCC2(C)C3CC3OC4(CCC(C)CO4)C(C)(O)C32)C1. The molecule has 0 aromatic heterocycles. The third kappa shape index (κ3) is 3.11. The molecular weight excluding hydrogens is 428 g/mol. The first-order valence-corrected chi connectivity index (χ1v) is 14.2. The van der Waals surface area contributed by atoms with Crippen LogP contribution >= 0.6 is 0 Å². The Labute approximate surface area is 205 Å². The Morgan fingerprint density at radius 1 is 0.941 bits per heavy atom. The predicted molar refractivity (Wildman–Crippen MR) is 129 cm³/mol. The topological polar surface area (TPSA) is 65.0 Å². The first-order valence-electron chi connectivity index (χ1n) is 14.2. The van der Waals surface area contributed by atoms with Gasteiger partial charge in [-0.25, -0.2) is 0 Å². The molecule has 0 aromatic carbocycles. The molecule has 4 saturated carbocycles. The van der Waals surface area contributed by atoms with Crippen molar-refractivity contribution in [3.8, 4) is 0 Å². The molecule has 12 atom stereocenters. The average Bonchev–Trinajstić information content (AvgIpc) is 3.18. The zero-order valence-electron chi connectivity index (χ0n) is 22.0. The fourth-order valence-electron chi connectivity index (χ4n) is 10.6. The third-order valence-corrected chi connectivity index (χ3v) is 12.2. The monoisotopic (exact) mass is 474 g/mol. The van der Waals surface area contributed by atoms with Crippen LogP contribution in [0.5, 0.6) is 0 Å². The molecule has 6 rings (SSSR count). The van der Waals surface area contributed by atoms with Crippen molar-refractivity contribution < 1.29 is 24.1 Å². The number of rotatable bonds is 1. The Kier molecular flexibility index (Phi) is 5.36. The highest BCUT2D eigenvalue weighted by Crippen LogP contribution is 2.72. The second-order valence-electron chi connectivity index (χ2n) is 13.9. The van der Waals surface area contributed by atoms with E-state index in [-0.39, 0.29) is 29.5 Å². The molecule has 2 aliphatic heterocycles. The standard InChI is InChI=1S/C29H46O5/c1-17-8-13-29(32-16-17)28(5,31)25-24(34-29)15-23-21-7-6-19-14-20(33-18(2)30)9-11-26(19,3)22(21)10-12-27(23,25)4/h17,19-25,31H,6-16H2,1-5H3. The highest BCUT2D eigenvalue weighted by Gasteiger charge is 2.74. The molecule has 6 fully saturated rings. The number of fused-ring (bicyclic) bond motifs is 7. The van der Waals surface area contributed by atoms with Crippen molar-refractivity contribution in [1.82, 2.24) is 0 Å². The molecule has 5 nitrogen and oxygen atoms in total. The molecular formula is C29H46O5. The van der Waals surface area contributed by atoms with E-state index in [1.165, 1.54) is 32.1 Å². The van der Waals surface area contributed by atoms with E-state index in [9.17, 15) is 9.90 Å². The molecule has 0 radical (unpaired) electrons. The number of aliphatic hydroxyl groups is 1. The molecule has 2 heterocycles. The van der Waals surface area contributed by atoms with Crippen molar-refractivity contribution in [2.24, 2.45) is 46.3 Å². The molecule has 0 bridgehead atoms. The summed E-state index contributed by atoms with van der Waals surface area (Å²) in [6.45, 7) is 11.5. The van der Waals surface area contributed by atoms with E-state index in [0.29, 0.717) is 29.8 Å². The van der Waals surface area contributed by atoms with Gasteiger partial charge in [0, 0.05) is 19.3 Å². The van der Waals surface area contributed by atoms with Crippen molar-refractivity contribution >= 4 is 5.97 Å². The summed E-state index contributed by atoms with van der Waals surface area (Å²) in [4.78, 5) is 11.6. The van der Waals surface area contributed by atoms with Crippen molar-refractivity contribution in [3.05, 3.63) is 0 Å². The zero-order valence-corrected chi connectivity index (χ0v) is 22.0. The first-order chi connectivity index (χ1) is 16.0. The van der Waals surface area contributed by atoms with Gasteiger partial charge in [0.1, 0.15) is 11.7 Å². The summed E-state index contributed by atoms with van der Waals surface area (Å²) in [5, 5.41) is 12.1. The van der Waals surface area contributed by atoms with Crippen LogP contribution in [0.25, 0.3) is 0 Å². The zero-order chi connectivity index (χ0) is 24.1. The predicted octanol–water partition coefficient (Wildman–Crippen LogP) is 5.48. The molecule has 5 heteroatoms. The summed E-state index contributed by atoms with van der Waals surface area (Å²) >= 11 is 0. The minimum absolute atomic E-state index is 0.113. The number of esters is 1. The Morgan fingerprint density at radius 2 is 1.71 bits per heavy atom. The van der Waals surface area contributed by atoms with Gasteiger partial charge in [-0.05, 0) is 105 Å². The molecule has 6 aliphatic rings. The molecule has 1 spiro atoms. The molecule has 1 N–H and O–H groups in total. The molecule has 0 aromatic rings. The van der Waals surface area contributed by atoms with Gasteiger partial charge in [0.2, 0.25) is 0 Å². The van der Waals surface area contributed by atoms with Gasteiger partial charge in [-0.15, -0.1) is 0 Å². The summed E-state index contributed by atoms with van der Waals surface area (Å²) in [6.07, 6.45) is 11.4. The second-order valence-corrected chi connectivity index (χ2v) is 13.9. The molecule has 12 unspecified atom stereocenters. The Balaban J connectivity index is 1.23. The van der Waals surface area contributed by atoms with Crippen LogP contribution in [0.15, 0.2) is 0 Å². The fourth-order valence-corrected chi connectivity index (χ4v) is 10.6. The highest BCUT2D eigenvalue weighted by molar-refractivity contribution is 5.66. The van der Waals surface area contributed by atoms with Crippen LogP contribution in [0.4, 0.5) is 0 Å². The van der Waals surface area contributed by atoms with Crippen LogP contribution < -0.4 is 0 Å². The number of hydrogen-bond acceptors (Lipinski definition) is 5. The van der Waals surface area contributed by atoms with Crippen molar-refractivity contribution in [1.29, 1.82) is 0 Å². The molecule has 4 aliphatic carbocycles. The van der Waals surface area contributed by atoms with Crippen LogP contribution in [0.3, 0.4) is 0 Å². The number of carbonyl (C=O) groups excluding carboxylic acids is 1. The number of ether oxygens (including phenoxy) is 3.